The van der Waals surface area contributed by atoms with Gasteiger partial charge >= 0.3 is 0 Å². The predicted octanol–water partition coefficient (Wildman–Crippen LogP) is 2.24. The van der Waals surface area contributed by atoms with E-state index in [0.29, 0.717) is 11.2 Å². The average Bonchev–Trinajstić information content (AvgIpc) is 2.32. The van der Waals surface area contributed by atoms with Crippen molar-refractivity contribution < 1.29 is 0 Å². The second kappa shape index (κ2) is 5.90. The summed E-state index contributed by atoms with van der Waals surface area (Å²) in [5.74, 6) is 2.69. The molecule has 0 radical (unpaired) electrons. The van der Waals surface area contributed by atoms with Crippen LogP contribution in [0, 0.1) is 12.3 Å². The van der Waals surface area contributed by atoms with Gasteiger partial charge in [-0.05, 0) is 25.0 Å². The smallest absolute Gasteiger partial charge is 0.131 e. The minimum Gasteiger partial charge on any atom is -0.382 e. The van der Waals surface area contributed by atoms with E-state index in [2.05, 4.69) is 21.1 Å². The molecule has 0 amide bonds. The first-order valence-electron chi connectivity index (χ1n) is 5.82. The molecule has 1 saturated heterocycles. The van der Waals surface area contributed by atoms with Gasteiger partial charge < -0.3 is 5.32 Å². The Morgan fingerprint density at radius 1 is 1.53 bits per heavy atom. The normalized spacial score (nSPS) is 17.6. The number of pyridine rings is 1. The first-order valence-corrected chi connectivity index (χ1v) is 6.19. The van der Waals surface area contributed by atoms with Crippen LogP contribution in [-0.2, 0) is 0 Å². The maximum Gasteiger partial charge on any atom is 0.131 e. The number of aromatic nitrogens is 1. The van der Waals surface area contributed by atoms with Crippen LogP contribution in [0.25, 0.3) is 0 Å². The van der Waals surface area contributed by atoms with Crippen molar-refractivity contribution in [3.05, 3.63) is 23.5 Å². The van der Waals surface area contributed by atoms with E-state index < -0.39 is 0 Å². The largest absolute Gasteiger partial charge is 0.382 e. The van der Waals surface area contributed by atoms with Gasteiger partial charge in [-0.25, -0.2) is 4.98 Å². The molecule has 0 unspecified atom stereocenters. The van der Waals surface area contributed by atoms with Gasteiger partial charge in [0.05, 0.1) is 6.54 Å². The van der Waals surface area contributed by atoms with E-state index in [4.69, 9.17) is 18.0 Å². The van der Waals surface area contributed by atoms with E-state index in [1.807, 2.05) is 12.1 Å². The molecule has 90 valence electrons. The van der Waals surface area contributed by atoms with Crippen molar-refractivity contribution in [3.63, 3.8) is 0 Å². The van der Waals surface area contributed by atoms with Crippen LogP contribution in [0.1, 0.15) is 12.8 Å². The van der Waals surface area contributed by atoms with E-state index in [9.17, 15) is 0 Å². The molecule has 3 nitrogen and oxygen atoms in total. The standard InChI is InChI=1S/C13H16ClN3/c1-2-7-17-8-4-11(5-9-17)16-12-3-6-15-13(14)10-12/h1,3,6,10-11H,4-5,7-9H2,(H,15,16). The SMILES string of the molecule is C#CCN1CCC(Nc2ccnc(Cl)c2)CC1. The van der Waals surface area contributed by atoms with Gasteiger partial charge in [-0.2, -0.15) is 0 Å². The summed E-state index contributed by atoms with van der Waals surface area (Å²) in [6.45, 7) is 2.87. The Hall–Kier alpha value is -1.24. The summed E-state index contributed by atoms with van der Waals surface area (Å²) in [5, 5.41) is 4.01. The van der Waals surface area contributed by atoms with Crippen molar-refractivity contribution in [2.24, 2.45) is 0 Å². The summed E-state index contributed by atoms with van der Waals surface area (Å²) in [4.78, 5) is 6.27. The van der Waals surface area contributed by atoms with Crippen LogP contribution in [0.3, 0.4) is 0 Å². The van der Waals surface area contributed by atoms with Gasteiger partial charge in [-0.1, -0.05) is 17.5 Å². The Labute approximate surface area is 107 Å². The summed E-state index contributed by atoms with van der Waals surface area (Å²) < 4.78 is 0. The summed E-state index contributed by atoms with van der Waals surface area (Å²) in [6.07, 6.45) is 9.25. The molecule has 1 aromatic rings. The van der Waals surface area contributed by atoms with E-state index in [-0.39, 0.29) is 0 Å². The lowest BCUT2D eigenvalue weighted by molar-refractivity contribution is 0.243. The molecule has 17 heavy (non-hydrogen) atoms. The van der Waals surface area contributed by atoms with Crippen molar-refractivity contribution in [3.8, 4) is 12.3 Å². The van der Waals surface area contributed by atoms with Crippen molar-refractivity contribution in [1.82, 2.24) is 9.88 Å². The molecular formula is C13H16ClN3. The third kappa shape index (κ3) is 3.62. The molecule has 1 aliphatic heterocycles. The van der Waals surface area contributed by atoms with Gasteiger partial charge in [0.25, 0.3) is 0 Å². The van der Waals surface area contributed by atoms with Crippen LogP contribution in [0.15, 0.2) is 18.3 Å². The summed E-state index contributed by atoms with van der Waals surface area (Å²) in [5.41, 5.74) is 1.04. The summed E-state index contributed by atoms with van der Waals surface area (Å²) in [7, 11) is 0. The minimum absolute atomic E-state index is 0.502. The quantitative estimate of drug-likeness (QED) is 0.658. The highest BCUT2D eigenvalue weighted by Crippen LogP contribution is 2.18. The topological polar surface area (TPSA) is 28.2 Å². The Morgan fingerprint density at radius 2 is 2.29 bits per heavy atom. The van der Waals surface area contributed by atoms with Gasteiger partial charge in [0, 0.05) is 31.0 Å². The second-order valence-electron chi connectivity index (χ2n) is 4.27. The first kappa shape index (κ1) is 12.2. The molecule has 1 fully saturated rings. The number of likely N-dealkylation sites (tertiary alicyclic amines) is 1. The van der Waals surface area contributed by atoms with Crippen molar-refractivity contribution in [2.45, 2.75) is 18.9 Å². The highest BCUT2D eigenvalue weighted by Gasteiger charge is 2.18. The zero-order chi connectivity index (χ0) is 12.1. The van der Waals surface area contributed by atoms with Crippen LogP contribution >= 0.6 is 11.6 Å². The molecule has 2 heterocycles. The van der Waals surface area contributed by atoms with E-state index >= 15 is 0 Å². The number of rotatable bonds is 3. The van der Waals surface area contributed by atoms with Crippen molar-refractivity contribution in [1.29, 1.82) is 0 Å². The monoisotopic (exact) mass is 249 g/mol. The van der Waals surface area contributed by atoms with Gasteiger partial charge in [-0.15, -0.1) is 6.42 Å². The van der Waals surface area contributed by atoms with E-state index in [1.165, 1.54) is 0 Å². The zero-order valence-corrected chi connectivity index (χ0v) is 10.5. The van der Waals surface area contributed by atoms with E-state index in [1.54, 1.807) is 6.20 Å². The van der Waals surface area contributed by atoms with Crippen LogP contribution in [0.5, 0.6) is 0 Å². The third-order valence-electron chi connectivity index (χ3n) is 3.00. The van der Waals surface area contributed by atoms with Crippen LogP contribution in [0.2, 0.25) is 5.15 Å². The van der Waals surface area contributed by atoms with Crippen LogP contribution < -0.4 is 5.32 Å². The van der Waals surface area contributed by atoms with Gasteiger partial charge in [0.15, 0.2) is 0 Å². The molecule has 0 bridgehead atoms. The molecule has 0 aromatic carbocycles. The van der Waals surface area contributed by atoms with E-state index in [0.717, 1.165) is 38.2 Å². The highest BCUT2D eigenvalue weighted by atomic mass is 35.5. The number of nitrogens with zero attached hydrogens (tertiary/aromatic N) is 2. The van der Waals surface area contributed by atoms with Gasteiger partial charge in [0.1, 0.15) is 5.15 Å². The number of hydrogen-bond donors (Lipinski definition) is 1. The van der Waals surface area contributed by atoms with Crippen LogP contribution in [-0.4, -0.2) is 35.6 Å². The predicted molar refractivity (Wildman–Crippen MR) is 71.2 cm³/mol. The van der Waals surface area contributed by atoms with Gasteiger partial charge in [0.2, 0.25) is 0 Å². The number of terminal acetylenes is 1. The molecule has 1 aliphatic rings. The van der Waals surface area contributed by atoms with Crippen molar-refractivity contribution in [2.75, 3.05) is 25.0 Å². The fourth-order valence-electron chi connectivity index (χ4n) is 2.09. The Morgan fingerprint density at radius 3 is 2.94 bits per heavy atom. The number of hydrogen-bond acceptors (Lipinski definition) is 3. The Kier molecular flexibility index (Phi) is 4.24. The number of halogens is 1. The lowest BCUT2D eigenvalue weighted by atomic mass is 10.0. The Bertz CT molecular complexity index is 405. The lowest BCUT2D eigenvalue weighted by Crippen LogP contribution is -2.39. The molecule has 1 aromatic heterocycles. The Balaban J connectivity index is 1.84. The lowest BCUT2D eigenvalue weighted by Gasteiger charge is -2.31. The summed E-state index contributed by atoms with van der Waals surface area (Å²) >= 11 is 5.85. The number of piperidine rings is 1. The molecule has 0 spiro atoms. The zero-order valence-electron chi connectivity index (χ0n) is 9.69. The minimum atomic E-state index is 0.502. The highest BCUT2D eigenvalue weighted by molar-refractivity contribution is 6.29. The average molecular weight is 250 g/mol. The molecular weight excluding hydrogens is 234 g/mol. The fraction of sp³-hybridized carbons (Fsp3) is 0.462. The molecule has 0 saturated carbocycles. The molecule has 2 rings (SSSR count). The second-order valence-corrected chi connectivity index (χ2v) is 4.65. The third-order valence-corrected chi connectivity index (χ3v) is 3.21. The first-order chi connectivity index (χ1) is 8.28. The molecule has 4 heteroatoms. The molecule has 0 atom stereocenters. The summed E-state index contributed by atoms with van der Waals surface area (Å²) in [6, 6.07) is 4.30. The number of nitrogens with one attached hydrogen (secondary N) is 1. The van der Waals surface area contributed by atoms with Crippen LogP contribution in [0.4, 0.5) is 5.69 Å². The molecule has 1 N–H and O–H groups in total. The molecule has 0 aliphatic carbocycles. The maximum absolute atomic E-state index is 5.85. The van der Waals surface area contributed by atoms with Crippen molar-refractivity contribution >= 4 is 17.3 Å². The number of anilines is 1. The van der Waals surface area contributed by atoms with Gasteiger partial charge in [-0.3, -0.25) is 4.90 Å². The fourth-order valence-corrected chi connectivity index (χ4v) is 2.27. The maximum atomic E-state index is 5.85.